The Morgan fingerprint density at radius 2 is 2.07 bits per heavy atom. The molecule has 1 N–H and O–H groups in total. The van der Waals surface area contributed by atoms with Crippen LogP contribution in [0.25, 0.3) is 0 Å². The van der Waals surface area contributed by atoms with Crippen LogP contribution in [0.1, 0.15) is 32.6 Å². The summed E-state index contributed by atoms with van der Waals surface area (Å²) in [6.45, 7) is 6.25. The highest BCUT2D eigenvalue weighted by Crippen LogP contribution is 2.22. The molecule has 0 aliphatic carbocycles. The van der Waals surface area contributed by atoms with Gasteiger partial charge in [0.1, 0.15) is 0 Å². The summed E-state index contributed by atoms with van der Waals surface area (Å²) in [5.41, 5.74) is 0. The highest BCUT2D eigenvalue weighted by atomic mass is 19.4. The van der Waals surface area contributed by atoms with Gasteiger partial charge in [-0.05, 0) is 32.7 Å². The predicted octanol–water partition coefficient (Wildman–Crippen LogP) is 3.27. The van der Waals surface area contributed by atoms with E-state index >= 15 is 0 Å². The molecule has 84 valence electrons. The van der Waals surface area contributed by atoms with E-state index < -0.39 is 12.6 Å². The molecule has 0 radical (unpaired) electrons. The summed E-state index contributed by atoms with van der Waals surface area (Å²) in [7, 11) is 0. The standard InChI is InChI=1S/C10H18F3N/c1-3-4-8-14-9(2)6-5-7-10(11,12)13/h3,9,14H,1,4-8H2,2H3. The second-order valence-corrected chi connectivity index (χ2v) is 3.44. The van der Waals surface area contributed by atoms with E-state index in [-0.39, 0.29) is 12.5 Å². The van der Waals surface area contributed by atoms with Gasteiger partial charge in [0, 0.05) is 12.5 Å². The number of halogens is 3. The van der Waals surface area contributed by atoms with Gasteiger partial charge in [0.15, 0.2) is 0 Å². The Hall–Kier alpha value is -0.510. The molecule has 0 aliphatic rings. The van der Waals surface area contributed by atoms with Crippen molar-refractivity contribution in [2.45, 2.75) is 44.8 Å². The monoisotopic (exact) mass is 209 g/mol. The summed E-state index contributed by atoms with van der Waals surface area (Å²) in [5, 5.41) is 3.13. The average molecular weight is 209 g/mol. The van der Waals surface area contributed by atoms with Gasteiger partial charge in [-0.2, -0.15) is 13.2 Å². The molecule has 0 aromatic carbocycles. The Balaban J connectivity index is 3.35. The zero-order chi connectivity index (χ0) is 11.0. The molecule has 0 amide bonds. The zero-order valence-corrected chi connectivity index (χ0v) is 8.53. The molecule has 0 aromatic heterocycles. The molecule has 0 saturated carbocycles. The molecule has 4 heteroatoms. The van der Waals surface area contributed by atoms with Gasteiger partial charge >= 0.3 is 6.18 Å². The van der Waals surface area contributed by atoms with Gasteiger partial charge in [0.05, 0.1) is 0 Å². The molecule has 1 unspecified atom stereocenters. The number of rotatable bonds is 7. The van der Waals surface area contributed by atoms with E-state index in [0.717, 1.165) is 13.0 Å². The van der Waals surface area contributed by atoms with Crippen LogP contribution in [0.4, 0.5) is 13.2 Å². The molecule has 1 atom stereocenters. The molecular weight excluding hydrogens is 191 g/mol. The largest absolute Gasteiger partial charge is 0.389 e. The van der Waals surface area contributed by atoms with E-state index in [0.29, 0.717) is 6.42 Å². The predicted molar refractivity (Wildman–Crippen MR) is 52.2 cm³/mol. The maximum atomic E-state index is 11.8. The van der Waals surface area contributed by atoms with Crippen LogP contribution in [-0.4, -0.2) is 18.8 Å². The third-order valence-electron chi connectivity index (χ3n) is 1.94. The van der Waals surface area contributed by atoms with E-state index in [1.54, 1.807) is 6.08 Å². The van der Waals surface area contributed by atoms with Crippen molar-refractivity contribution in [2.75, 3.05) is 6.54 Å². The number of hydrogen-bond acceptors (Lipinski definition) is 1. The maximum Gasteiger partial charge on any atom is 0.389 e. The first kappa shape index (κ1) is 13.5. The second-order valence-electron chi connectivity index (χ2n) is 3.44. The third-order valence-corrected chi connectivity index (χ3v) is 1.94. The van der Waals surface area contributed by atoms with E-state index in [9.17, 15) is 13.2 Å². The minimum Gasteiger partial charge on any atom is -0.314 e. The van der Waals surface area contributed by atoms with Crippen molar-refractivity contribution in [3.05, 3.63) is 12.7 Å². The van der Waals surface area contributed by atoms with Crippen molar-refractivity contribution in [1.82, 2.24) is 5.32 Å². The van der Waals surface area contributed by atoms with Crippen LogP contribution in [0.2, 0.25) is 0 Å². The van der Waals surface area contributed by atoms with E-state index in [2.05, 4.69) is 11.9 Å². The molecule has 0 aliphatic heterocycles. The summed E-state index contributed by atoms with van der Waals surface area (Å²) in [6.07, 6.45) is -1.29. The minimum absolute atomic E-state index is 0.150. The fourth-order valence-corrected chi connectivity index (χ4v) is 1.14. The molecule has 0 saturated heterocycles. The molecule has 0 fully saturated rings. The van der Waals surface area contributed by atoms with Crippen molar-refractivity contribution in [3.63, 3.8) is 0 Å². The van der Waals surface area contributed by atoms with E-state index in [1.165, 1.54) is 0 Å². The van der Waals surface area contributed by atoms with Gasteiger partial charge in [-0.1, -0.05) is 6.08 Å². The fraction of sp³-hybridized carbons (Fsp3) is 0.800. The SMILES string of the molecule is C=CCCNC(C)CCCC(F)(F)F. The van der Waals surface area contributed by atoms with Crippen LogP contribution in [0, 0.1) is 0 Å². The number of nitrogens with one attached hydrogen (secondary N) is 1. The Labute approximate surface area is 83.4 Å². The van der Waals surface area contributed by atoms with Crippen molar-refractivity contribution < 1.29 is 13.2 Å². The normalized spacial score (nSPS) is 14.0. The first-order valence-corrected chi connectivity index (χ1v) is 4.86. The quantitative estimate of drug-likeness (QED) is 0.501. The van der Waals surface area contributed by atoms with Crippen molar-refractivity contribution in [3.8, 4) is 0 Å². The summed E-state index contributed by atoms with van der Waals surface area (Å²) in [4.78, 5) is 0. The van der Waals surface area contributed by atoms with Gasteiger partial charge in [0.25, 0.3) is 0 Å². The molecule has 0 heterocycles. The molecule has 0 spiro atoms. The third kappa shape index (κ3) is 9.58. The molecule has 0 aromatic rings. The van der Waals surface area contributed by atoms with Crippen LogP contribution >= 0.6 is 0 Å². The van der Waals surface area contributed by atoms with Crippen LogP contribution < -0.4 is 5.32 Å². The first-order valence-electron chi connectivity index (χ1n) is 4.86. The van der Waals surface area contributed by atoms with Crippen LogP contribution in [0.15, 0.2) is 12.7 Å². The van der Waals surface area contributed by atoms with Crippen molar-refractivity contribution in [2.24, 2.45) is 0 Å². The first-order chi connectivity index (χ1) is 6.45. The zero-order valence-electron chi connectivity index (χ0n) is 8.53. The van der Waals surface area contributed by atoms with Crippen LogP contribution in [0.5, 0.6) is 0 Å². The van der Waals surface area contributed by atoms with Crippen molar-refractivity contribution >= 4 is 0 Å². The Kier molecular flexibility index (Phi) is 6.62. The number of alkyl halides is 3. The lowest BCUT2D eigenvalue weighted by atomic mass is 10.1. The summed E-state index contributed by atoms with van der Waals surface area (Å²) < 4.78 is 35.3. The Bertz CT molecular complexity index is 154. The molecular formula is C10H18F3N. The lowest BCUT2D eigenvalue weighted by Gasteiger charge is -2.13. The van der Waals surface area contributed by atoms with Gasteiger partial charge in [-0.3, -0.25) is 0 Å². The maximum absolute atomic E-state index is 11.8. The average Bonchev–Trinajstić information content (AvgIpc) is 2.02. The summed E-state index contributed by atoms with van der Waals surface area (Å²) in [5.74, 6) is 0. The van der Waals surface area contributed by atoms with Crippen molar-refractivity contribution in [1.29, 1.82) is 0 Å². The Morgan fingerprint density at radius 3 is 2.57 bits per heavy atom. The molecule has 0 rings (SSSR count). The Morgan fingerprint density at radius 1 is 1.43 bits per heavy atom. The summed E-state index contributed by atoms with van der Waals surface area (Å²) >= 11 is 0. The minimum atomic E-state index is -4.01. The van der Waals surface area contributed by atoms with Crippen LogP contribution in [0.3, 0.4) is 0 Å². The van der Waals surface area contributed by atoms with Gasteiger partial charge in [-0.15, -0.1) is 6.58 Å². The topological polar surface area (TPSA) is 12.0 Å². The lowest BCUT2D eigenvalue weighted by molar-refractivity contribution is -0.135. The lowest BCUT2D eigenvalue weighted by Crippen LogP contribution is -2.27. The highest BCUT2D eigenvalue weighted by Gasteiger charge is 2.26. The smallest absolute Gasteiger partial charge is 0.314 e. The molecule has 1 nitrogen and oxygen atoms in total. The van der Waals surface area contributed by atoms with Gasteiger partial charge in [0.2, 0.25) is 0 Å². The molecule has 14 heavy (non-hydrogen) atoms. The summed E-state index contributed by atoms with van der Waals surface area (Å²) in [6, 6.07) is 0.150. The van der Waals surface area contributed by atoms with Gasteiger partial charge < -0.3 is 5.32 Å². The van der Waals surface area contributed by atoms with E-state index in [4.69, 9.17) is 0 Å². The van der Waals surface area contributed by atoms with Gasteiger partial charge in [-0.25, -0.2) is 0 Å². The van der Waals surface area contributed by atoms with Crippen LogP contribution in [-0.2, 0) is 0 Å². The fourth-order valence-electron chi connectivity index (χ4n) is 1.14. The second kappa shape index (κ2) is 6.87. The highest BCUT2D eigenvalue weighted by molar-refractivity contribution is 4.70. The van der Waals surface area contributed by atoms with E-state index in [1.807, 2.05) is 6.92 Å². The molecule has 0 bridgehead atoms. The number of hydrogen-bond donors (Lipinski definition) is 1.